The van der Waals surface area contributed by atoms with E-state index in [1.807, 2.05) is 12.1 Å². The number of ketones is 1. The number of pyridine rings is 1. The standard InChI is InChI=1S/C21H27N3O4/c1-13(2)20(26)24(11-16-7-9-22-10-8-16)12-17(25)18-14(3)19(21(27)28-6)23(5)15(18)4/h7-10,13H,11-12H2,1-6H3. The van der Waals surface area contributed by atoms with Gasteiger partial charge in [-0.1, -0.05) is 13.8 Å². The highest BCUT2D eigenvalue weighted by Gasteiger charge is 2.28. The lowest BCUT2D eigenvalue weighted by Gasteiger charge is -2.24. The van der Waals surface area contributed by atoms with Crippen LogP contribution in [0.25, 0.3) is 0 Å². The van der Waals surface area contributed by atoms with Gasteiger partial charge in [0.15, 0.2) is 5.78 Å². The summed E-state index contributed by atoms with van der Waals surface area (Å²) in [6.07, 6.45) is 3.31. The predicted octanol–water partition coefficient (Wildman–Crippen LogP) is 2.69. The molecule has 0 aliphatic heterocycles. The van der Waals surface area contributed by atoms with Gasteiger partial charge in [0.2, 0.25) is 5.91 Å². The number of Topliss-reactive ketones (excluding diaryl/α,β-unsaturated/α-hetero) is 1. The van der Waals surface area contributed by atoms with Crippen molar-refractivity contribution < 1.29 is 19.1 Å². The van der Waals surface area contributed by atoms with Gasteiger partial charge in [-0.25, -0.2) is 4.79 Å². The second-order valence-electron chi connectivity index (χ2n) is 7.11. The molecule has 150 valence electrons. The van der Waals surface area contributed by atoms with Gasteiger partial charge in [0.25, 0.3) is 0 Å². The minimum atomic E-state index is -0.492. The van der Waals surface area contributed by atoms with E-state index in [0.717, 1.165) is 5.56 Å². The first-order chi connectivity index (χ1) is 13.2. The monoisotopic (exact) mass is 385 g/mol. The maximum absolute atomic E-state index is 13.1. The summed E-state index contributed by atoms with van der Waals surface area (Å²) in [4.78, 5) is 43.4. The minimum absolute atomic E-state index is 0.0638. The number of rotatable bonds is 7. The molecular formula is C21H27N3O4. The number of carbonyl (C=O) groups is 3. The lowest BCUT2D eigenvalue weighted by atomic mass is 10.0. The molecule has 0 radical (unpaired) electrons. The average Bonchev–Trinajstić information content (AvgIpc) is 2.89. The zero-order valence-corrected chi connectivity index (χ0v) is 17.3. The van der Waals surface area contributed by atoms with Crippen molar-refractivity contribution in [3.63, 3.8) is 0 Å². The Morgan fingerprint density at radius 2 is 1.79 bits per heavy atom. The summed E-state index contributed by atoms with van der Waals surface area (Å²) in [6, 6.07) is 3.64. The number of hydrogen-bond donors (Lipinski definition) is 0. The summed E-state index contributed by atoms with van der Waals surface area (Å²) in [5, 5.41) is 0. The lowest BCUT2D eigenvalue weighted by molar-refractivity contribution is -0.134. The summed E-state index contributed by atoms with van der Waals surface area (Å²) in [6.45, 7) is 7.38. The predicted molar refractivity (Wildman–Crippen MR) is 105 cm³/mol. The Morgan fingerprint density at radius 1 is 1.18 bits per heavy atom. The fourth-order valence-corrected chi connectivity index (χ4v) is 3.31. The largest absolute Gasteiger partial charge is 0.464 e. The molecule has 0 saturated carbocycles. The highest BCUT2D eigenvalue weighted by atomic mass is 16.5. The third-order valence-corrected chi connectivity index (χ3v) is 4.85. The van der Waals surface area contributed by atoms with E-state index in [9.17, 15) is 14.4 Å². The van der Waals surface area contributed by atoms with Crippen LogP contribution in [0.1, 0.15) is 51.5 Å². The van der Waals surface area contributed by atoms with Crippen LogP contribution in [-0.4, -0.2) is 45.8 Å². The van der Waals surface area contributed by atoms with Crippen LogP contribution in [0.5, 0.6) is 0 Å². The van der Waals surface area contributed by atoms with Crippen LogP contribution in [0.15, 0.2) is 24.5 Å². The summed E-state index contributed by atoms with van der Waals surface area (Å²) < 4.78 is 6.49. The molecule has 0 aliphatic rings. The van der Waals surface area contributed by atoms with Gasteiger partial charge >= 0.3 is 5.97 Å². The van der Waals surface area contributed by atoms with Crippen molar-refractivity contribution in [3.8, 4) is 0 Å². The summed E-state index contributed by atoms with van der Waals surface area (Å²) >= 11 is 0. The highest BCUT2D eigenvalue weighted by molar-refractivity contribution is 6.04. The third kappa shape index (κ3) is 4.30. The van der Waals surface area contributed by atoms with Crippen molar-refractivity contribution in [3.05, 3.63) is 52.6 Å². The molecule has 7 heteroatoms. The molecule has 0 spiro atoms. The molecule has 1 amide bonds. The topological polar surface area (TPSA) is 81.5 Å². The molecule has 0 aliphatic carbocycles. The van der Waals surface area contributed by atoms with Gasteiger partial charge in [0.05, 0.1) is 13.7 Å². The third-order valence-electron chi connectivity index (χ3n) is 4.85. The van der Waals surface area contributed by atoms with Gasteiger partial charge in [0, 0.05) is 43.2 Å². The van der Waals surface area contributed by atoms with Crippen LogP contribution < -0.4 is 0 Å². The lowest BCUT2D eigenvalue weighted by Crippen LogP contribution is -2.38. The number of hydrogen-bond acceptors (Lipinski definition) is 5. The van der Waals surface area contributed by atoms with Crippen LogP contribution in [-0.2, 0) is 23.1 Å². The average molecular weight is 385 g/mol. The smallest absolute Gasteiger partial charge is 0.354 e. The number of methoxy groups -OCH3 is 1. The van der Waals surface area contributed by atoms with Crippen LogP contribution >= 0.6 is 0 Å². The molecule has 0 saturated heterocycles. The van der Waals surface area contributed by atoms with Gasteiger partial charge < -0.3 is 14.2 Å². The maximum Gasteiger partial charge on any atom is 0.354 e. The Morgan fingerprint density at radius 3 is 2.32 bits per heavy atom. The Labute approximate surface area is 165 Å². The van der Waals surface area contributed by atoms with Crippen molar-refractivity contribution in [2.45, 2.75) is 34.2 Å². The molecule has 0 atom stereocenters. The van der Waals surface area contributed by atoms with Crippen molar-refractivity contribution in [2.75, 3.05) is 13.7 Å². The van der Waals surface area contributed by atoms with Crippen LogP contribution in [0.2, 0.25) is 0 Å². The quantitative estimate of drug-likeness (QED) is 0.541. The van der Waals surface area contributed by atoms with Gasteiger partial charge in [-0.2, -0.15) is 0 Å². The highest BCUT2D eigenvalue weighted by Crippen LogP contribution is 2.23. The van der Waals surface area contributed by atoms with Crippen molar-refractivity contribution >= 4 is 17.7 Å². The molecule has 2 aromatic rings. The van der Waals surface area contributed by atoms with Crippen LogP contribution in [0.3, 0.4) is 0 Å². The summed E-state index contributed by atoms with van der Waals surface area (Å²) in [5.74, 6) is -1.04. The number of nitrogens with zero attached hydrogens (tertiary/aromatic N) is 3. The van der Waals surface area contributed by atoms with Gasteiger partial charge in [0.1, 0.15) is 5.69 Å². The Balaban J connectivity index is 2.36. The molecule has 2 aromatic heterocycles. The Bertz CT molecular complexity index is 885. The number of carbonyl (C=O) groups excluding carboxylic acids is 3. The van der Waals surface area contributed by atoms with E-state index < -0.39 is 5.97 Å². The summed E-state index contributed by atoms with van der Waals surface area (Å²) in [5.41, 5.74) is 2.94. The Kier molecular flexibility index (Phi) is 6.72. The van der Waals surface area contributed by atoms with E-state index in [1.165, 1.54) is 7.11 Å². The zero-order chi connectivity index (χ0) is 21.0. The van der Waals surface area contributed by atoms with Gasteiger partial charge in [-0.05, 0) is 37.1 Å². The van der Waals surface area contributed by atoms with Gasteiger partial charge in [-0.15, -0.1) is 0 Å². The number of amides is 1. The molecular weight excluding hydrogens is 358 g/mol. The van der Waals surface area contributed by atoms with E-state index >= 15 is 0 Å². The van der Waals surface area contributed by atoms with E-state index in [-0.39, 0.29) is 24.2 Å². The van der Waals surface area contributed by atoms with E-state index in [1.54, 1.807) is 56.6 Å². The Hall–Kier alpha value is -2.96. The van der Waals surface area contributed by atoms with Gasteiger partial charge in [-0.3, -0.25) is 14.6 Å². The molecule has 2 rings (SSSR count). The molecule has 28 heavy (non-hydrogen) atoms. The fourth-order valence-electron chi connectivity index (χ4n) is 3.31. The normalized spacial score (nSPS) is 10.8. The number of aromatic nitrogens is 2. The van der Waals surface area contributed by atoms with Crippen LogP contribution in [0, 0.1) is 19.8 Å². The van der Waals surface area contributed by atoms with E-state index in [2.05, 4.69) is 4.98 Å². The molecule has 0 aromatic carbocycles. The molecule has 0 unspecified atom stereocenters. The SMILES string of the molecule is COC(=O)c1c(C)c(C(=O)CN(Cc2ccncc2)C(=O)C(C)C)c(C)n1C. The molecule has 0 bridgehead atoms. The zero-order valence-electron chi connectivity index (χ0n) is 17.3. The molecule has 0 fully saturated rings. The molecule has 2 heterocycles. The van der Waals surface area contributed by atoms with E-state index in [0.29, 0.717) is 29.1 Å². The maximum atomic E-state index is 13.1. The number of esters is 1. The van der Waals surface area contributed by atoms with Crippen molar-refractivity contribution in [1.29, 1.82) is 0 Å². The molecule has 7 nitrogen and oxygen atoms in total. The summed E-state index contributed by atoms with van der Waals surface area (Å²) in [7, 11) is 3.03. The second-order valence-corrected chi connectivity index (χ2v) is 7.11. The minimum Gasteiger partial charge on any atom is -0.464 e. The van der Waals surface area contributed by atoms with Crippen molar-refractivity contribution in [1.82, 2.24) is 14.5 Å². The van der Waals surface area contributed by atoms with E-state index in [4.69, 9.17) is 4.74 Å². The first-order valence-electron chi connectivity index (χ1n) is 9.14. The second kappa shape index (κ2) is 8.82. The fraction of sp³-hybridized carbons (Fsp3) is 0.429. The first-order valence-corrected chi connectivity index (χ1v) is 9.14. The first kappa shape index (κ1) is 21.3. The number of ether oxygens (including phenoxy) is 1. The molecule has 0 N–H and O–H groups in total. The van der Waals surface area contributed by atoms with Crippen LogP contribution in [0.4, 0.5) is 0 Å². The van der Waals surface area contributed by atoms with Crippen molar-refractivity contribution in [2.24, 2.45) is 13.0 Å².